The SMILES string of the molecule is CC/C=C\C/C=C\C/C=C\CCCCCCCC(=O)OC[C@H](COP(=O)(O)OCC[N+](C)(C)C)OC(=O)CCC/C=C\[C@@H](O)/C=C/C=C\C/C=C\C=C\[C@@H](O)C/C=C\CC. The zero-order chi connectivity index (χ0) is 44.6. The highest BCUT2D eigenvalue weighted by Crippen LogP contribution is 2.43. The summed E-state index contributed by atoms with van der Waals surface area (Å²) in [6, 6.07) is 0. The molecule has 0 spiro atoms. The first-order chi connectivity index (χ1) is 28.8. The standard InChI is InChI=1S/C48H78NO10P/c1-6-8-10-11-12-13-14-15-16-17-18-19-23-26-32-38-47(52)56-42-46(43-58-60(54,55)57-41-40-49(3,4)5)59-48(53)39-33-27-31-37-45(51)36-30-25-22-20-21-24-29-35-44(50)34-28-9-7-2/h8-10,12-13,15-16,21-22,24-25,28-31,35-37,44-46,50-51H,6-7,11,14,17-20,23,26-27,32-34,38-43H2,1-5H3/p+1/b10-8-,13-12-,16-15-,24-21-,25-22-,28-9-,35-29+,36-30+,37-31-/t44-,45-,46+/m0/s1. The van der Waals surface area contributed by atoms with Gasteiger partial charge in [0.2, 0.25) is 0 Å². The van der Waals surface area contributed by atoms with Crippen molar-refractivity contribution in [3.05, 3.63) is 109 Å². The number of unbranched alkanes of at least 4 members (excludes halogenated alkanes) is 6. The van der Waals surface area contributed by atoms with E-state index in [1.807, 2.05) is 63.7 Å². The third-order valence-corrected chi connectivity index (χ3v) is 9.46. The van der Waals surface area contributed by atoms with Crippen LogP contribution in [0, 0.1) is 0 Å². The molecule has 0 heterocycles. The van der Waals surface area contributed by atoms with E-state index in [9.17, 15) is 29.3 Å². The Bertz CT molecular complexity index is 1420. The quantitative estimate of drug-likeness (QED) is 0.0138. The van der Waals surface area contributed by atoms with Gasteiger partial charge in [0.25, 0.3) is 0 Å². The summed E-state index contributed by atoms with van der Waals surface area (Å²) < 4.78 is 34.1. The first-order valence-corrected chi connectivity index (χ1v) is 23.3. The number of quaternary nitrogens is 1. The smallest absolute Gasteiger partial charge is 0.462 e. The first-order valence-electron chi connectivity index (χ1n) is 21.8. The molecular weight excluding hydrogens is 781 g/mol. The van der Waals surface area contributed by atoms with Gasteiger partial charge in [-0.1, -0.05) is 142 Å². The molecule has 0 saturated carbocycles. The second kappa shape index (κ2) is 38.5. The van der Waals surface area contributed by atoms with Gasteiger partial charge in [-0.25, -0.2) is 4.57 Å². The first kappa shape index (κ1) is 56.6. The highest BCUT2D eigenvalue weighted by molar-refractivity contribution is 7.47. The van der Waals surface area contributed by atoms with Crippen molar-refractivity contribution < 1.29 is 52.3 Å². The summed E-state index contributed by atoms with van der Waals surface area (Å²) in [5.74, 6) is -1.02. The van der Waals surface area contributed by atoms with E-state index in [1.165, 1.54) is 0 Å². The van der Waals surface area contributed by atoms with Crippen LogP contribution in [0.15, 0.2) is 109 Å². The Morgan fingerprint density at radius 3 is 1.90 bits per heavy atom. The van der Waals surface area contributed by atoms with Gasteiger partial charge in [-0.3, -0.25) is 18.6 Å². The van der Waals surface area contributed by atoms with E-state index in [0.717, 1.165) is 57.8 Å². The molecule has 0 fully saturated rings. The molecule has 4 atom stereocenters. The minimum absolute atomic E-state index is 0.0161. The van der Waals surface area contributed by atoms with Crippen LogP contribution in [0.3, 0.4) is 0 Å². The van der Waals surface area contributed by atoms with Crippen LogP contribution in [0.5, 0.6) is 0 Å². The van der Waals surface area contributed by atoms with E-state index >= 15 is 0 Å². The molecule has 0 radical (unpaired) electrons. The van der Waals surface area contributed by atoms with Gasteiger partial charge < -0.3 is 29.1 Å². The average molecular weight is 861 g/mol. The summed E-state index contributed by atoms with van der Waals surface area (Å²) in [6.07, 6.45) is 45.0. The monoisotopic (exact) mass is 861 g/mol. The molecule has 11 nitrogen and oxygen atoms in total. The maximum atomic E-state index is 12.7. The number of phosphoric acid groups is 1. The van der Waals surface area contributed by atoms with Crippen molar-refractivity contribution in [1.29, 1.82) is 0 Å². The largest absolute Gasteiger partial charge is 0.472 e. The molecule has 0 aliphatic heterocycles. The van der Waals surface area contributed by atoms with E-state index in [2.05, 4.69) is 50.3 Å². The molecule has 0 aliphatic rings. The second-order valence-corrected chi connectivity index (χ2v) is 16.8. The number of likely N-dealkylation sites (N-methyl/N-ethyl adjacent to an activating group) is 1. The number of rotatable bonds is 37. The molecule has 0 aromatic rings. The number of aliphatic hydroxyl groups excluding tert-OH is 2. The number of hydrogen-bond donors (Lipinski definition) is 3. The molecule has 340 valence electrons. The summed E-state index contributed by atoms with van der Waals surface area (Å²) in [6.45, 7) is 3.83. The number of phosphoric ester groups is 1. The molecule has 12 heteroatoms. The molecule has 60 heavy (non-hydrogen) atoms. The van der Waals surface area contributed by atoms with Crippen LogP contribution in [0.1, 0.15) is 117 Å². The average Bonchev–Trinajstić information content (AvgIpc) is 3.19. The lowest BCUT2D eigenvalue weighted by molar-refractivity contribution is -0.870. The van der Waals surface area contributed by atoms with Crippen LogP contribution in [-0.4, -0.2) is 97.3 Å². The lowest BCUT2D eigenvalue weighted by Gasteiger charge is -2.24. The summed E-state index contributed by atoms with van der Waals surface area (Å²) in [4.78, 5) is 35.4. The Balaban J connectivity index is 4.68. The molecule has 0 aromatic heterocycles. The Kier molecular flexibility index (Phi) is 36.3. The number of carbonyl (C=O) groups excluding carboxylic acids is 2. The number of ether oxygens (including phenoxy) is 2. The van der Waals surface area contributed by atoms with Crippen molar-refractivity contribution in [2.75, 3.05) is 47.5 Å². The van der Waals surface area contributed by atoms with Crippen LogP contribution in [0.2, 0.25) is 0 Å². The van der Waals surface area contributed by atoms with Gasteiger partial charge in [0.05, 0.1) is 40.0 Å². The molecule has 3 N–H and O–H groups in total. The van der Waals surface area contributed by atoms with Gasteiger partial charge in [0.15, 0.2) is 6.10 Å². The minimum atomic E-state index is -4.44. The number of allylic oxidation sites excluding steroid dienone is 14. The van der Waals surface area contributed by atoms with Crippen LogP contribution < -0.4 is 0 Å². The zero-order valence-electron chi connectivity index (χ0n) is 37.4. The zero-order valence-corrected chi connectivity index (χ0v) is 38.3. The lowest BCUT2D eigenvalue weighted by Crippen LogP contribution is -2.37. The number of hydrogen-bond acceptors (Lipinski definition) is 9. The topological polar surface area (TPSA) is 149 Å². The van der Waals surface area contributed by atoms with Crippen molar-refractivity contribution in [2.45, 2.75) is 135 Å². The number of nitrogens with zero attached hydrogens (tertiary/aromatic N) is 1. The van der Waals surface area contributed by atoms with Gasteiger partial charge in [-0.2, -0.15) is 0 Å². The van der Waals surface area contributed by atoms with Gasteiger partial charge in [-0.15, -0.1) is 0 Å². The van der Waals surface area contributed by atoms with Crippen LogP contribution in [0.25, 0.3) is 0 Å². The van der Waals surface area contributed by atoms with Gasteiger partial charge >= 0.3 is 19.8 Å². The van der Waals surface area contributed by atoms with Crippen LogP contribution in [0.4, 0.5) is 0 Å². The fourth-order valence-corrected chi connectivity index (χ4v) is 5.80. The molecule has 0 aromatic carbocycles. The summed E-state index contributed by atoms with van der Waals surface area (Å²) >= 11 is 0. The highest BCUT2D eigenvalue weighted by atomic mass is 31.2. The Hall–Kier alpha value is -3.41. The van der Waals surface area contributed by atoms with Gasteiger partial charge in [0.1, 0.15) is 19.8 Å². The molecule has 0 rings (SSSR count). The van der Waals surface area contributed by atoms with Crippen molar-refractivity contribution >= 4 is 19.8 Å². The Morgan fingerprint density at radius 1 is 0.617 bits per heavy atom. The van der Waals surface area contributed by atoms with E-state index in [-0.39, 0.29) is 26.1 Å². The van der Waals surface area contributed by atoms with Crippen molar-refractivity contribution in [1.82, 2.24) is 0 Å². The summed E-state index contributed by atoms with van der Waals surface area (Å²) in [5.41, 5.74) is 0. The predicted molar refractivity (Wildman–Crippen MR) is 245 cm³/mol. The molecule has 0 amide bonds. The lowest BCUT2D eigenvalue weighted by atomic mass is 10.1. The number of aliphatic hydroxyl groups is 2. The molecule has 0 bridgehead atoms. The Labute approximate surface area is 362 Å². The molecule has 0 aliphatic carbocycles. The van der Waals surface area contributed by atoms with Crippen molar-refractivity contribution in [3.63, 3.8) is 0 Å². The molecule has 1 unspecified atom stereocenters. The minimum Gasteiger partial charge on any atom is -0.462 e. The van der Waals surface area contributed by atoms with E-state index in [1.54, 1.807) is 30.4 Å². The van der Waals surface area contributed by atoms with Crippen LogP contribution in [-0.2, 0) is 32.7 Å². The van der Waals surface area contributed by atoms with E-state index < -0.39 is 44.7 Å². The second-order valence-electron chi connectivity index (χ2n) is 15.4. The normalized spacial score (nSPS) is 15.7. The number of esters is 2. The Morgan fingerprint density at radius 2 is 1.20 bits per heavy atom. The van der Waals surface area contributed by atoms with Gasteiger partial charge in [0, 0.05) is 12.8 Å². The summed E-state index contributed by atoms with van der Waals surface area (Å²) in [5, 5.41) is 20.0. The predicted octanol–water partition coefficient (Wildman–Crippen LogP) is 10.3. The van der Waals surface area contributed by atoms with E-state index in [4.69, 9.17) is 18.5 Å². The third-order valence-electron chi connectivity index (χ3n) is 8.47. The third kappa shape index (κ3) is 41.3. The fraction of sp³-hybridized carbons (Fsp3) is 0.583. The fourth-order valence-electron chi connectivity index (χ4n) is 5.06. The maximum absolute atomic E-state index is 12.7. The van der Waals surface area contributed by atoms with E-state index in [0.29, 0.717) is 43.1 Å². The van der Waals surface area contributed by atoms with Crippen molar-refractivity contribution in [2.24, 2.45) is 0 Å². The molecule has 0 saturated heterocycles. The maximum Gasteiger partial charge on any atom is 0.472 e. The molecular formula is C48H79NO10P+. The number of carbonyl (C=O) groups is 2. The summed E-state index contributed by atoms with van der Waals surface area (Å²) in [7, 11) is 1.31. The van der Waals surface area contributed by atoms with Gasteiger partial charge in [-0.05, 0) is 70.6 Å². The van der Waals surface area contributed by atoms with Crippen LogP contribution >= 0.6 is 7.82 Å². The van der Waals surface area contributed by atoms with Crippen molar-refractivity contribution in [3.8, 4) is 0 Å². The highest BCUT2D eigenvalue weighted by Gasteiger charge is 2.27.